The zero-order chi connectivity index (χ0) is 13.5. The Morgan fingerprint density at radius 2 is 1.95 bits per heavy atom. The van der Waals surface area contributed by atoms with Crippen LogP contribution in [0, 0.1) is 0 Å². The molecule has 2 aromatic carbocycles. The molecule has 3 nitrogen and oxygen atoms in total. The summed E-state index contributed by atoms with van der Waals surface area (Å²) in [6.45, 7) is 0. The molecule has 0 atom stereocenters. The van der Waals surface area contributed by atoms with Crippen molar-refractivity contribution in [2.75, 3.05) is 5.32 Å². The number of nitrogens with zero attached hydrogens (tertiary/aromatic N) is 1. The summed E-state index contributed by atoms with van der Waals surface area (Å²) in [4.78, 5) is 15.9. The molecule has 0 bridgehead atoms. The standard InChI is InChI=1S/C17H12N2O/c20-16-10-13-9-12(6-7-15(13)19-16)14-5-1-3-11-4-2-8-18-17(11)14/h1-9H,10H2,(H,19,20). The summed E-state index contributed by atoms with van der Waals surface area (Å²) >= 11 is 0. The molecule has 0 saturated carbocycles. The first-order valence-corrected chi connectivity index (χ1v) is 6.58. The SMILES string of the molecule is O=C1Cc2cc(-c3cccc4cccnc34)ccc2N1. The number of benzene rings is 2. The van der Waals surface area contributed by atoms with Crippen LogP contribution in [0.2, 0.25) is 0 Å². The van der Waals surface area contributed by atoms with Gasteiger partial charge >= 0.3 is 0 Å². The van der Waals surface area contributed by atoms with Gasteiger partial charge in [-0.25, -0.2) is 0 Å². The number of nitrogens with one attached hydrogen (secondary N) is 1. The van der Waals surface area contributed by atoms with Crippen molar-refractivity contribution >= 4 is 22.5 Å². The lowest BCUT2D eigenvalue weighted by Crippen LogP contribution is -2.03. The van der Waals surface area contributed by atoms with Gasteiger partial charge in [0.1, 0.15) is 0 Å². The number of fused-ring (bicyclic) bond motifs is 2. The van der Waals surface area contributed by atoms with Crippen LogP contribution in [0.3, 0.4) is 0 Å². The van der Waals surface area contributed by atoms with E-state index in [2.05, 4.69) is 34.6 Å². The molecule has 1 aromatic heterocycles. The quantitative estimate of drug-likeness (QED) is 0.728. The van der Waals surface area contributed by atoms with E-state index in [4.69, 9.17) is 0 Å². The average Bonchev–Trinajstić information content (AvgIpc) is 2.85. The highest BCUT2D eigenvalue weighted by Crippen LogP contribution is 2.32. The number of para-hydroxylation sites is 1. The van der Waals surface area contributed by atoms with Crippen LogP contribution in [0.5, 0.6) is 0 Å². The molecule has 0 spiro atoms. The van der Waals surface area contributed by atoms with Crippen molar-refractivity contribution in [3.8, 4) is 11.1 Å². The third-order valence-electron chi connectivity index (χ3n) is 3.67. The largest absolute Gasteiger partial charge is 0.326 e. The maximum atomic E-state index is 11.4. The number of hydrogen-bond donors (Lipinski definition) is 1. The van der Waals surface area contributed by atoms with Crippen molar-refractivity contribution < 1.29 is 4.79 Å². The van der Waals surface area contributed by atoms with E-state index in [9.17, 15) is 4.79 Å². The fraction of sp³-hybridized carbons (Fsp3) is 0.0588. The number of pyridine rings is 1. The maximum Gasteiger partial charge on any atom is 0.228 e. The zero-order valence-electron chi connectivity index (χ0n) is 10.8. The van der Waals surface area contributed by atoms with Gasteiger partial charge in [-0.2, -0.15) is 0 Å². The Bertz CT molecular complexity index is 834. The van der Waals surface area contributed by atoms with Gasteiger partial charge in [-0.15, -0.1) is 0 Å². The minimum absolute atomic E-state index is 0.0631. The lowest BCUT2D eigenvalue weighted by Gasteiger charge is -2.07. The third kappa shape index (κ3) is 1.67. The smallest absolute Gasteiger partial charge is 0.228 e. The molecule has 3 aromatic rings. The van der Waals surface area contributed by atoms with Crippen molar-refractivity contribution in [2.45, 2.75) is 6.42 Å². The summed E-state index contributed by atoms with van der Waals surface area (Å²) in [6, 6.07) is 16.3. The average molecular weight is 260 g/mol. The van der Waals surface area contributed by atoms with Crippen LogP contribution >= 0.6 is 0 Å². The van der Waals surface area contributed by atoms with Crippen LogP contribution in [0.25, 0.3) is 22.0 Å². The molecule has 4 rings (SSSR count). The highest BCUT2D eigenvalue weighted by molar-refractivity contribution is 6.00. The zero-order valence-corrected chi connectivity index (χ0v) is 10.8. The van der Waals surface area contributed by atoms with E-state index >= 15 is 0 Å². The van der Waals surface area contributed by atoms with Gasteiger partial charge in [-0.1, -0.05) is 30.3 Å². The van der Waals surface area contributed by atoms with Gasteiger partial charge in [0, 0.05) is 22.8 Å². The lowest BCUT2D eigenvalue weighted by atomic mass is 9.99. The maximum absolute atomic E-state index is 11.4. The van der Waals surface area contributed by atoms with Crippen molar-refractivity contribution in [3.05, 3.63) is 60.3 Å². The molecule has 0 saturated heterocycles. The van der Waals surface area contributed by atoms with Crippen LogP contribution in [0.4, 0.5) is 5.69 Å². The van der Waals surface area contributed by atoms with Crippen molar-refractivity contribution in [2.24, 2.45) is 0 Å². The summed E-state index contributed by atoms with van der Waals surface area (Å²) < 4.78 is 0. The molecule has 1 aliphatic rings. The fourth-order valence-corrected chi connectivity index (χ4v) is 2.73. The van der Waals surface area contributed by atoms with Gasteiger partial charge < -0.3 is 5.32 Å². The van der Waals surface area contributed by atoms with Crippen molar-refractivity contribution in [1.29, 1.82) is 0 Å². The Labute approximate surface area is 116 Å². The highest BCUT2D eigenvalue weighted by Gasteiger charge is 2.18. The molecule has 0 aliphatic carbocycles. The first kappa shape index (κ1) is 11.2. The van der Waals surface area contributed by atoms with Crippen LogP contribution < -0.4 is 5.32 Å². The first-order valence-electron chi connectivity index (χ1n) is 6.58. The molecular weight excluding hydrogens is 248 g/mol. The van der Waals surface area contributed by atoms with Gasteiger partial charge in [-0.3, -0.25) is 9.78 Å². The van der Waals surface area contributed by atoms with Crippen molar-refractivity contribution in [1.82, 2.24) is 4.98 Å². The predicted molar refractivity (Wildman–Crippen MR) is 79.5 cm³/mol. The Kier molecular flexibility index (Phi) is 2.33. The van der Waals surface area contributed by atoms with Gasteiger partial charge in [0.25, 0.3) is 0 Å². The first-order chi connectivity index (χ1) is 9.81. The highest BCUT2D eigenvalue weighted by atomic mass is 16.1. The molecule has 1 amide bonds. The van der Waals surface area contributed by atoms with Crippen LogP contribution in [-0.2, 0) is 11.2 Å². The van der Waals surface area contributed by atoms with E-state index in [0.29, 0.717) is 6.42 Å². The molecule has 2 heterocycles. The number of anilines is 1. The molecule has 20 heavy (non-hydrogen) atoms. The molecule has 0 unspecified atom stereocenters. The molecule has 0 fully saturated rings. The van der Waals surface area contributed by atoms with E-state index in [-0.39, 0.29) is 5.91 Å². The second-order valence-electron chi connectivity index (χ2n) is 4.98. The Balaban J connectivity index is 1.92. The van der Waals surface area contributed by atoms with E-state index < -0.39 is 0 Å². The predicted octanol–water partition coefficient (Wildman–Crippen LogP) is 3.40. The topological polar surface area (TPSA) is 42.0 Å². The monoisotopic (exact) mass is 260 g/mol. The summed E-state index contributed by atoms with van der Waals surface area (Å²) in [6.07, 6.45) is 2.27. The number of carbonyl (C=O) groups is 1. The molecule has 3 heteroatoms. The number of amides is 1. The Hall–Kier alpha value is -2.68. The number of rotatable bonds is 1. The van der Waals surface area contributed by atoms with Gasteiger partial charge in [-0.05, 0) is 29.3 Å². The lowest BCUT2D eigenvalue weighted by molar-refractivity contribution is -0.115. The summed E-state index contributed by atoms with van der Waals surface area (Å²) in [7, 11) is 0. The van der Waals surface area contributed by atoms with Crippen LogP contribution in [-0.4, -0.2) is 10.9 Å². The molecular formula is C17H12N2O. The summed E-state index contributed by atoms with van der Waals surface area (Å²) in [5.74, 6) is 0.0631. The number of hydrogen-bond acceptors (Lipinski definition) is 2. The number of aromatic nitrogens is 1. The summed E-state index contributed by atoms with van der Waals surface area (Å²) in [5, 5.41) is 3.98. The minimum atomic E-state index is 0.0631. The summed E-state index contributed by atoms with van der Waals surface area (Å²) in [5.41, 5.74) is 5.18. The molecule has 1 N–H and O–H groups in total. The fourth-order valence-electron chi connectivity index (χ4n) is 2.73. The molecule has 1 aliphatic heterocycles. The molecule has 0 radical (unpaired) electrons. The van der Waals surface area contributed by atoms with Gasteiger partial charge in [0.2, 0.25) is 5.91 Å². The van der Waals surface area contributed by atoms with Crippen LogP contribution in [0.15, 0.2) is 54.7 Å². The van der Waals surface area contributed by atoms with Gasteiger partial charge in [0.05, 0.1) is 11.9 Å². The van der Waals surface area contributed by atoms with E-state index in [1.807, 2.05) is 30.5 Å². The minimum Gasteiger partial charge on any atom is -0.326 e. The Morgan fingerprint density at radius 1 is 1.05 bits per heavy atom. The Morgan fingerprint density at radius 3 is 2.90 bits per heavy atom. The van der Waals surface area contributed by atoms with Gasteiger partial charge in [0.15, 0.2) is 0 Å². The van der Waals surface area contributed by atoms with Crippen LogP contribution in [0.1, 0.15) is 5.56 Å². The van der Waals surface area contributed by atoms with Crippen molar-refractivity contribution in [3.63, 3.8) is 0 Å². The third-order valence-corrected chi connectivity index (χ3v) is 3.67. The second kappa shape index (κ2) is 4.17. The second-order valence-corrected chi connectivity index (χ2v) is 4.98. The van der Waals surface area contributed by atoms with E-state index in [0.717, 1.165) is 33.3 Å². The van der Waals surface area contributed by atoms with E-state index in [1.54, 1.807) is 0 Å². The number of carbonyl (C=O) groups excluding carboxylic acids is 1. The van der Waals surface area contributed by atoms with E-state index in [1.165, 1.54) is 0 Å². The normalized spacial score (nSPS) is 13.3. The molecule has 96 valence electrons.